The van der Waals surface area contributed by atoms with Crippen LogP contribution in [0.1, 0.15) is 72.5 Å². The molecule has 2 aliphatic carbocycles. The lowest BCUT2D eigenvalue weighted by molar-refractivity contribution is -0.386. The number of fused-ring (bicyclic) bond motifs is 2. The summed E-state index contributed by atoms with van der Waals surface area (Å²) in [4.78, 5) is 24.6. The molecule has 0 N–H and O–H groups in total. The SMILES string of the molecule is COc1ccc([N+](=O)[O-])c([C@@H](OC(=O)C2CC3CC[C@]2(C)C3(C)C)C(C)(C)C)c1. The summed E-state index contributed by atoms with van der Waals surface area (Å²) in [5.41, 5.74) is -0.199. The molecule has 0 amide bonds. The van der Waals surface area contributed by atoms with Gasteiger partial charge in [-0.2, -0.15) is 0 Å². The molecule has 1 aromatic carbocycles. The molecule has 160 valence electrons. The lowest BCUT2D eigenvalue weighted by atomic mass is 9.66. The Morgan fingerprint density at radius 3 is 2.38 bits per heavy atom. The fraction of sp³-hybridized carbons (Fsp3) is 0.696. The zero-order chi connectivity index (χ0) is 21.8. The highest BCUT2D eigenvalue weighted by Crippen LogP contribution is 2.68. The molecule has 3 rings (SSSR count). The topological polar surface area (TPSA) is 78.7 Å². The number of hydrogen-bond acceptors (Lipinski definition) is 5. The van der Waals surface area contributed by atoms with Crippen LogP contribution in [-0.2, 0) is 9.53 Å². The van der Waals surface area contributed by atoms with Crippen molar-refractivity contribution in [1.29, 1.82) is 0 Å². The van der Waals surface area contributed by atoms with E-state index in [-0.39, 0.29) is 28.4 Å². The van der Waals surface area contributed by atoms with Gasteiger partial charge in [0.15, 0.2) is 0 Å². The van der Waals surface area contributed by atoms with E-state index in [1.54, 1.807) is 12.1 Å². The van der Waals surface area contributed by atoms with E-state index in [2.05, 4.69) is 20.8 Å². The smallest absolute Gasteiger partial charge is 0.310 e. The lowest BCUT2D eigenvalue weighted by Crippen LogP contribution is -2.38. The number of nitro groups is 1. The highest BCUT2D eigenvalue weighted by Gasteiger charge is 2.64. The molecule has 6 heteroatoms. The number of benzene rings is 1. The summed E-state index contributed by atoms with van der Waals surface area (Å²) in [7, 11) is 1.52. The lowest BCUT2D eigenvalue weighted by Gasteiger charge is -2.39. The van der Waals surface area contributed by atoms with Crippen LogP contribution in [0.15, 0.2) is 18.2 Å². The molecule has 2 fully saturated rings. The maximum Gasteiger partial charge on any atom is 0.310 e. The van der Waals surface area contributed by atoms with Crippen LogP contribution in [0.5, 0.6) is 5.75 Å². The van der Waals surface area contributed by atoms with Gasteiger partial charge in [0.25, 0.3) is 5.69 Å². The Morgan fingerprint density at radius 1 is 1.28 bits per heavy atom. The van der Waals surface area contributed by atoms with E-state index in [1.807, 2.05) is 20.8 Å². The van der Waals surface area contributed by atoms with Crippen molar-refractivity contribution in [1.82, 2.24) is 0 Å². The first kappa shape index (κ1) is 21.6. The summed E-state index contributed by atoms with van der Waals surface area (Å²) >= 11 is 0. The monoisotopic (exact) mass is 403 g/mol. The Morgan fingerprint density at radius 2 is 1.93 bits per heavy atom. The molecule has 0 heterocycles. The summed E-state index contributed by atoms with van der Waals surface area (Å²) in [5.74, 6) is 0.610. The number of ether oxygens (including phenoxy) is 2. The van der Waals surface area contributed by atoms with E-state index in [0.717, 1.165) is 19.3 Å². The number of esters is 1. The summed E-state index contributed by atoms with van der Waals surface area (Å²) in [5, 5.41) is 11.7. The predicted octanol–water partition coefficient (Wildman–Crippen LogP) is 5.70. The maximum atomic E-state index is 13.4. The fourth-order valence-electron chi connectivity index (χ4n) is 5.50. The number of nitro benzene ring substituents is 1. The van der Waals surface area contributed by atoms with E-state index in [1.165, 1.54) is 13.2 Å². The summed E-state index contributed by atoms with van der Waals surface area (Å²) in [6.45, 7) is 12.5. The van der Waals surface area contributed by atoms with Gasteiger partial charge in [-0.1, -0.05) is 41.5 Å². The molecule has 2 saturated carbocycles. The summed E-state index contributed by atoms with van der Waals surface area (Å²) in [6.07, 6.45) is 2.26. The van der Waals surface area contributed by atoms with Crippen molar-refractivity contribution >= 4 is 11.7 Å². The van der Waals surface area contributed by atoms with Crippen LogP contribution >= 0.6 is 0 Å². The zero-order valence-electron chi connectivity index (χ0n) is 18.6. The third-order valence-corrected chi connectivity index (χ3v) is 7.81. The molecule has 2 unspecified atom stereocenters. The first-order chi connectivity index (χ1) is 13.3. The second kappa shape index (κ2) is 6.99. The number of rotatable bonds is 5. The molecule has 1 aromatic rings. The minimum Gasteiger partial charge on any atom is -0.497 e. The molecule has 0 aliphatic heterocycles. The molecule has 0 radical (unpaired) electrons. The first-order valence-electron chi connectivity index (χ1n) is 10.4. The molecule has 0 spiro atoms. The van der Waals surface area contributed by atoms with Crippen molar-refractivity contribution in [2.75, 3.05) is 7.11 Å². The van der Waals surface area contributed by atoms with Crippen molar-refractivity contribution < 1.29 is 19.2 Å². The molecular weight excluding hydrogens is 370 g/mol. The molecule has 2 aliphatic rings. The van der Waals surface area contributed by atoms with Gasteiger partial charge in [0.05, 0.1) is 23.5 Å². The van der Waals surface area contributed by atoms with Crippen LogP contribution in [-0.4, -0.2) is 18.0 Å². The third-order valence-electron chi connectivity index (χ3n) is 7.81. The van der Waals surface area contributed by atoms with Crippen molar-refractivity contribution in [3.05, 3.63) is 33.9 Å². The van der Waals surface area contributed by atoms with Crippen LogP contribution in [0.2, 0.25) is 0 Å². The van der Waals surface area contributed by atoms with Gasteiger partial charge in [0.1, 0.15) is 11.9 Å². The largest absolute Gasteiger partial charge is 0.497 e. The van der Waals surface area contributed by atoms with Crippen LogP contribution in [0.25, 0.3) is 0 Å². The zero-order valence-corrected chi connectivity index (χ0v) is 18.6. The number of methoxy groups -OCH3 is 1. The standard InChI is InChI=1S/C23H33NO5/c1-21(2,3)19(16-13-15(28-7)8-9-18(16)24(26)27)29-20(25)17-12-14-10-11-23(17,6)22(14,4)5/h8-9,13-14,17,19H,10-12H2,1-7H3/t14?,17?,19-,23+/m1/s1. The second-order valence-corrected chi connectivity index (χ2v) is 10.5. The minimum absolute atomic E-state index is 0.0574. The average Bonchev–Trinajstić information content (AvgIpc) is 2.97. The Hall–Kier alpha value is -2.11. The van der Waals surface area contributed by atoms with Crippen molar-refractivity contribution in [3.8, 4) is 5.75 Å². The van der Waals surface area contributed by atoms with Gasteiger partial charge in [-0.15, -0.1) is 0 Å². The van der Waals surface area contributed by atoms with Gasteiger partial charge in [-0.25, -0.2) is 0 Å². The summed E-state index contributed by atoms with van der Waals surface area (Å²) < 4.78 is 11.4. The Labute approximate surface area is 173 Å². The molecular formula is C23H33NO5. The first-order valence-corrected chi connectivity index (χ1v) is 10.4. The van der Waals surface area contributed by atoms with Gasteiger partial charge in [0.2, 0.25) is 0 Å². The second-order valence-electron chi connectivity index (χ2n) is 10.5. The van der Waals surface area contributed by atoms with Crippen LogP contribution in [0, 0.1) is 38.2 Å². The molecule has 0 aromatic heterocycles. The van der Waals surface area contributed by atoms with Gasteiger partial charge in [-0.05, 0) is 48.1 Å². The minimum atomic E-state index is -0.740. The molecule has 0 saturated heterocycles. The van der Waals surface area contributed by atoms with Gasteiger partial charge < -0.3 is 9.47 Å². The number of nitrogens with zero attached hydrogens (tertiary/aromatic N) is 1. The van der Waals surface area contributed by atoms with Crippen molar-refractivity contribution in [2.45, 2.75) is 66.9 Å². The number of carbonyl (C=O) groups excluding carboxylic acids is 1. The molecule has 4 atom stereocenters. The quantitative estimate of drug-likeness (QED) is 0.358. The maximum absolute atomic E-state index is 13.4. The normalized spacial score (nSPS) is 28.8. The Bertz CT molecular complexity index is 825. The average molecular weight is 404 g/mol. The highest BCUT2D eigenvalue weighted by atomic mass is 16.6. The highest BCUT2D eigenvalue weighted by molar-refractivity contribution is 5.75. The fourth-order valence-corrected chi connectivity index (χ4v) is 5.50. The molecule has 2 bridgehead atoms. The number of carbonyl (C=O) groups is 1. The van der Waals surface area contributed by atoms with E-state index in [4.69, 9.17) is 9.47 Å². The van der Waals surface area contributed by atoms with E-state index >= 15 is 0 Å². The van der Waals surface area contributed by atoms with E-state index in [0.29, 0.717) is 17.2 Å². The van der Waals surface area contributed by atoms with Crippen molar-refractivity contribution in [3.63, 3.8) is 0 Å². The van der Waals surface area contributed by atoms with Crippen LogP contribution in [0.3, 0.4) is 0 Å². The molecule has 6 nitrogen and oxygen atoms in total. The Kier molecular flexibility index (Phi) is 5.21. The summed E-state index contributed by atoms with van der Waals surface area (Å²) in [6, 6.07) is 4.60. The third kappa shape index (κ3) is 3.40. The Balaban J connectivity index is 1.97. The predicted molar refractivity (Wildman–Crippen MR) is 111 cm³/mol. The van der Waals surface area contributed by atoms with Crippen molar-refractivity contribution in [2.24, 2.45) is 28.1 Å². The van der Waals surface area contributed by atoms with Crippen LogP contribution < -0.4 is 4.74 Å². The van der Waals surface area contributed by atoms with Crippen LogP contribution in [0.4, 0.5) is 5.69 Å². The van der Waals surface area contributed by atoms with E-state index in [9.17, 15) is 14.9 Å². The number of hydrogen-bond donors (Lipinski definition) is 0. The van der Waals surface area contributed by atoms with Gasteiger partial charge >= 0.3 is 5.97 Å². The molecule has 29 heavy (non-hydrogen) atoms. The van der Waals surface area contributed by atoms with Gasteiger partial charge in [-0.3, -0.25) is 14.9 Å². The van der Waals surface area contributed by atoms with Gasteiger partial charge in [0, 0.05) is 11.5 Å². The van der Waals surface area contributed by atoms with E-state index < -0.39 is 16.4 Å².